The van der Waals surface area contributed by atoms with Crippen molar-refractivity contribution in [3.05, 3.63) is 59.4 Å². The standard InChI is InChI=1S/C15H16FNO/c1-11-3-5-14(6-4-11)17(2)10-12-7-13(16)9-15(18)8-12/h3-9,18H,10H2,1-2H3. The summed E-state index contributed by atoms with van der Waals surface area (Å²) in [7, 11) is 1.94. The van der Waals surface area contributed by atoms with E-state index >= 15 is 0 Å². The Kier molecular flexibility index (Phi) is 3.51. The number of phenolic OH excluding ortho intramolecular Hbond substituents is 1. The molecule has 18 heavy (non-hydrogen) atoms. The fraction of sp³-hybridized carbons (Fsp3) is 0.200. The number of hydrogen-bond donors (Lipinski definition) is 1. The molecule has 1 N–H and O–H groups in total. The van der Waals surface area contributed by atoms with Crippen molar-refractivity contribution in [1.29, 1.82) is 0 Å². The van der Waals surface area contributed by atoms with Gasteiger partial charge >= 0.3 is 0 Å². The van der Waals surface area contributed by atoms with Crippen LogP contribution in [0.1, 0.15) is 11.1 Å². The Morgan fingerprint density at radius 3 is 2.39 bits per heavy atom. The van der Waals surface area contributed by atoms with Crippen LogP contribution in [0.2, 0.25) is 0 Å². The number of aromatic hydroxyl groups is 1. The van der Waals surface area contributed by atoms with Gasteiger partial charge in [-0.15, -0.1) is 0 Å². The Morgan fingerprint density at radius 2 is 1.78 bits per heavy atom. The van der Waals surface area contributed by atoms with Crippen molar-refractivity contribution >= 4 is 5.69 Å². The van der Waals surface area contributed by atoms with Crippen molar-refractivity contribution in [3.8, 4) is 5.75 Å². The van der Waals surface area contributed by atoms with E-state index in [-0.39, 0.29) is 5.75 Å². The van der Waals surface area contributed by atoms with Crippen molar-refractivity contribution in [2.24, 2.45) is 0 Å². The molecule has 2 rings (SSSR count). The average Bonchev–Trinajstić information content (AvgIpc) is 2.28. The van der Waals surface area contributed by atoms with Crippen molar-refractivity contribution in [3.63, 3.8) is 0 Å². The summed E-state index contributed by atoms with van der Waals surface area (Å²) < 4.78 is 13.2. The van der Waals surface area contributed by atoms with Crippen LogP contribution >= 0.6 is 0 Å². The van der Waals surface area contributed by atoms with Gasteiger partial charge in [-0.05, 0) is 36.8 Å². The number of benzene rings is 2. The predicted molar refractivity (Wildman–Crippen MR) is 71.4 cm³/mol. The minimum atomic E-state index is -0.415. The molecule has 0 heterocycles. The molecule has 0 fully saturated rings. The SMILES string of the molecule is Cc1ccc(N(C)Cc2cc(O)cc(F)c2)cc1. The summed E-state index contributed by atoms with van der Waals surface area (Å²) >= 11 is 0. The normalized spacial score (nSPS) is 10.4. The summed E-state index contributed by atoms with van der Waals surface area (Å²) in [4.78, 5) is 2.01. The number of nitrogens with zero attached hydrogens (tertiary/aromatic N) is 1. The van der Waals surface area contributed by atoms with Crippen molar-refractivity contribution in [1.82, 2.24) is 0 Å². The van der Waals surface area contributed by atoms with Crippen molar-refractivity contribution in [2.45, 2.75) is 13.5 Å². The van der Waals surface area contributed by atoms with Crippen molar-refractivity contribution in [2.75, 3.05) is 11.9 Å². The van der Waals surface area contributed by atoms with Crippen LogP contribution < -0.4 is 4.90 Å². The van der Waals surface area contributed by atoms with E-state index in [1.54, 1.807) is 6.07 Å². The highest BCUT2D eigenvalue weighted by Gasteiger charge is 2.04. The molecular formula is C15H16FNO. The topological polar surface area (TPSA) is 23.5 Å². The lowest BCUT2D eigenvalue weighted by atomic mass is 10.1. The number of aryl methyl sites for hydroxylation is 1. The van der Waals surface area contributed by atoms with E-state index in [1.807, 2.05) is 43.1 Å². The van der Waals surface area contributed by atoms with E-state index in [1.165, 1.54) is 11.6 Å². The fourth-order valence-electron chi connectivity index (χ4n) is 1.89. The van der Waals surface area contributed by atoms with Crippen LogP contribution in [0.4, 0.5) is 10.1 Å². The predicted octanol–water partition coefficient (Wildman–Crippen LogP) is 3.48. The van der Waals surface area contributed by atoms with Crippen LogP contribution in [-0.2, 0) is 6.54 Å². The molecule has 0 bridgehead atoms. The largest absolute Gasteiger partial charge is 0.508 e. The van der Waals surface area contributed by atoms with Gasteiger partial charge in [0.25, 0.3) is 0 Å². The number of hydrogen-bond acceptors (Lipinski definition) is 2. The lowest BCUT2D eigenvalue weighted by Crippen LogP contribution is -2.16. The summed E-state index contributed by atoms with van der Waals surface area (Å²) in [5.41, 5.74) is 3.01. The molecule has 0 radical (unpaired) electrons. The molecule has 0 unspecified atom stereocenters. The van der Waals surface area contributed by atoms with E-state index in [0.29, 0.717) is 6.54 Å². The Morgan fingerprint density at radius 1 is 1.11 bits per heavy atom. The smallest absolute Gasteiger partial charge is 0.127 e. The Hall–Kier alpha value is -2.03. The first kappa shape index (κ1) is 12.4. The Bertz CT molecular complexity index is 516. The molecule has 94 valence electrons. The molecule has 3 heteroatoms. The van der Waals surface area contributed by atoms with Gasteiger partial charge < -0.3 is 10.0 Å². The molecule has 0 amide bonds. The van der Waals surface area contributed by atoms with Gasteiger partial charge in [0.05, 0.1) is 0 Å². The lowest BCUT2D eigenvalue weighted by Gasteiger charge is -2.19. The van der Waals surface area contributed by atoms with Crippen LogP contribution in [0.5, 0.6) is 5.75 Å². The minimum absolute atomic E-state index is 0.0395. The van der Waals surface area contributed by atoms with Gasteiger partial charge in [0, 0.05) is 25.3 Å². The third kappa shape index (κ3) is 3.00. The zero-order valence-corrected chi connectivity index (χ0v) is 10.5. The van der Waals surface area contributed by atoms with E-state index < -0.39 is 5.82 Å². The summed E-state index contributed by atoms with van der Waals surface area (Å²) in [5.74, 6) is -0.454. The first-order chi connectivity index (χ1) is 8.54. The van der Waals surface area contributed by atoms with E-state index in [4.69, 9.17) is 0 Å². The summed E-state index contributed by atoms with van der Waals surface area (Å²) in [6.07, 6.45) is 0. The zero-order valence-electron chi connectivity index (χ0n) is 10.5. The van der Waals surface area contributed by atoms with Gasteiger partial charge in [-0.3, -0.25) is 0 Å². The van der Waals surface area contributed by atoms with Crippen LogP contribution in [0.15, 0.2) is 42.5 Å². The third-order valence-corrected chi connectivity index (χ3v) is 2.84. The monoisotopic (exact) mass is 245 g/mol. The summed E-state index contributed by atoms with van der Waals surface area (Å²) in [6.45, 7) is 2.59. The van der Waals surface area contributed by atoms with Gasteiger partial charge in [0.15, 0.2) is 0 Å². The molecule has 0 aromatic heterocycles. The van der Waals surface area contributed by atoms with Crippen molar-refractivity contribution < 1.29 is 9.50 Å². The second-order valence-electron chi connectivity index (χ2n) is 4.51. The summed E-state index contributed by atoms with van der Waals surface area (Å²) in [6, 6.07) is 12.2. The molecule has 2 aromatic rings. The molecule has 0 spiro atoms. The van der Waals surface area contributed by atoms with Crippen LogP contribution in [0, 0.1) is 12.7 Å². The second kappa shape index (κ2) is 5.08. The zero-order chi connectivity index (χ0) is 13.1. The van der Waals surface area contributed by atoms with E-state index in [2.05, 4.69) is 0 Å². The number of phenols is 1. The highest BCUT2D eigenvalue weighted by molar-refractivity contribution is 5.47. The number of rotatable bonds is 3. The molecule has 2 nitrogen and oxygen atoms in total. The highest BCUT2D eigenvalue weighted by Crippen LogP contribution is 2.19. The molecule has 0 aliphatic heterocycles. The average molecular weight is 245 g/mol. The molecule has 0 atom stereocenters. The molecular weight excluding hydrogens is 229 g/mol. The number of anilines is 1. The first-order valence-electron chi connectivity index (χ1n) is 5.81. The minimum Gasteiger partial charge on any atom is -0.508 e. The maximum atomic E-state index is 13.2. The Balaban J connectivity index is 2.15. The maximum absolute atomic E-state index is 13.2. The van der Waals surface area contributed by atoms with Gasteiger partial charge in [-0.2, -0.15) is 0 Å². The van der Waals surface area contributed by atoms with Crippen LogP contribution in [-0.4, -0.2) is 12.2 Å². The van der Waals surface area contributed by atoms with Gasteiger partial charge in [0.1, 0.15) is 11.6 Å². The van der Waals surface area contributed by atoms with Crippen LogP contribution in [0.25, 0.3) is 0 Å². The van der Waals surface area contributed by atoms with Gasteiger partial charge in [-0.1, -0.05) is 17.7 Å². The number of halogens is 1. The molecule has 2 aromatic carbocycles. The summed E-state index contributed by atoms with van der Waals surface area (Å²) in [5, 5.41) is 9.36. The molecule has 0 aliphatic carbocycles. The van der Waals surface area contributed by atoms with E-state index in [0.717, 1.165) is 17.3 Å². The van der Waals surface area contributed by atoms with Crippen LogP contribution in [0.3, 0.4) is 0 Å². The molecule has 0 saturated carbocycles. The highest BCUT2D eigenvalue weighted by atomic mass is 19.1. The van der Waals surface area contributed by atoms with E-state index in [9.17, 15) is 9.50 Å². The quantitative estimate of drug-likeness (QED) is 0.895. The molecule has 0 aliphatic rings. The lowest BCUT2D eigenvalue weighted by molar-refractivity contribution is 0.468. The maximum Gasteiger partial charge on any atom is 0.127 e. The van der Waals surface area contributed by atoms with Gasteiger partial charge in [0.2, 0.25) is 0 Å². The molecule has 0 saturated heterocycles. The second-order valence-corrected chi connectivity index (χ2v) is 4.51. The Labute approximate surface area is 106 Å². The first-order valence-corrected chi connectivity index (χ1v) is 5.81. The third-order valence-electron chi connectivity index (χ3n) is 2.84. The van der Waals surface area contributed by atoms with Gasteiger partial charge in [-0.25, -0.2) is 4.39 Å². The fourth-order valence-corrected chi connectivity index (χ4v) is 1.89.